The van der Waals surface area contributed by atoms with Gasteiger partial charge in [0.15, 0.2) is 0 Å². The fourth-order valence-corrected chi connectivity index (χ4v) is 2.97. The molecule has 12 nitrogen and oxygen atoms in total. The van der Waals surface area contributed by atoms with Crippen LogP contribution in [0, 0.1) is 0 Å². The lowest BCUT2D eigenvalue weighted by Crippen LogP contribution is -2.35. The van der Waals surface area contributed by atoms with Crippen LogP contribution in [0.3, 0.4) is 0 Å². The summed E-state index contributed by atoms with van der Waals surface area (Å²) >= 11 is 0. The number of sulfonamides is 1. The molecule has 13 heteroatoms. The molecule has 1 heterocycles. The maximum Gasteiger partial charge on any atom is 0.328 e. The highest BCUT2D eigenvalue weighted by atomic mass is 32.2. The highest BCUT2D eigenvalue weighted by Crippen LogP contribution is 2.26. The molecule has 0 aliphatic carbocycles. The normalized spacial score (nSPS) is 15.2. The van der Waals surface area contributed by atoms with E-state index in [-0.39, 0.29) is 0 Å². The van der Waals surface area contributed by atoms with Crippen molar-refractivity contribution in [1.29, 1.82) is 0 Å². The Kier molecular flexibility index (Phi) is 11.3. The highest BCUT2D eigenvalue weighted by Gasteiger charge is 2.28. The molecule has 0 bridgehead atoms. The van der Waals surface area contributed by atoms with E-state index in [1.54, 1.807) is 0 Å². The van der Waals surface area contributed by atoms with Gasteiger partial charge in [-0.3, -0.25) is 0 Å². The third kappa shape index (κ3) is 12.0. The average molecular weight is 444 g/mol. The van der Waals surface area contributed by atoms with Crippen LogP contribution < -0.4 is 10.5 Å². The molecule has 1 unspecified atom stereocenters. The maximum absolute atomic E-state index is 11.3. The van der Waals surface area contributed by atoms with E-state index in [9.17, 15) is 27.6 Å². The van der Waals surface area contributed by atoms with Crippen LogP contribution in [-0.4, -0.2) is 59.3 Å². The van der Waals surface area contributed by atoms with Crippen LogP contribution in [-0.2, 0) is 35.7 Å². The van der Waals surface area contributed by atoms with E-state index in [1.807, 2.05) is 24.3 Å². The second kappa shape index (κ2) is 12.8. The Labute approximate surface area is 171 Å². The largest absolute Gasteiger partial charge is 0.478 e. The maximum atomic E-state index is 11.3. The second-order valence-corrected chi connectivity index (χ2v) is 7.17. The Balaban J connectivity index is 0.000000456. The van der Waals surface area contributed by atoms with Crippen molar-refractivity contribution < 1.29 is 48.0 Å². The quantitative estimate of drug-likeness (QED) is 0.319. The van der Waals surface area contributed by atoms with Gasteiger partial charge in [-0.15, -0.1) is 0 Å². The molecule has 7 N–H and O–H groups in total. The van der Waals surface area contributed by atoms with Gasteiger partial charge in [0.1, 0.15) is 5.25 Å². The predicted octanol–water partition coefficient (Wildman–Crippen LogP) is -0.457. The second-order valence-electron chi connectivity index (χ2n) is 5.43. The molecule has 1 aromatic rings. The van der Waals surface area contributed by atoms with E-state index in [4.69, 9.17) is 25.6 Å². The number of aliphatic carboxylic acids is 4. The van der Waals surface area contributed by atoms with E-state index in [1.165, 1.54) is 0 Å². The topological polar surface area (TPSA) is 221 Å². The molecule has 1 aliphatic rings. The van der Waals surface area contributed by atoms with Crippen LogP contribution >= 0.6 is 0 Å². The monoisotopic (exact) mass is 444 g/mol. The molecule has 0 radical (unpaired) electrons. The number of carbonyl (C=O) groups is 4. The molecule has 30 heavy (non-hydrogen) atoms. The molecule has 0 spiro atoms. The van der Waals surface area contributed by atoms with Gasteiger partial charge >= 0.3 is 23.9 Å². The molecule has 164 valence electrons. The number of rotatable bonds is 5. The summed E-state index contributed by atoms with van der Waals surface area (Å²) in [7, 11) is -3.50. The van der Waals surface area contributed by atoms with Gasteiger partial charge in [-0.25, -0.2) is 32.7 Å². The van der Waals surface area contributed by atoms with Gasteiger partial charge in [0.05, 0.1) is 0 Å². The number of carboxylic acids is 4. The summed E-state index contributed by atoms with van der Waals surface area (Å²) in [6.07, 6.45) is 2.23. The summed E-state index contributed by atoms with van der Waals surface area (Å²) in [5.74, 6) is -5.03. The molecule has 1 aromatic carbocycles. The first-order valence-corrected chi connectivity index (χ1v) is 9.53. The van der Waals surface area contributed by atoms with E-state index < -0.39 is 39.2 Å². The van der Waals surface area contributed by atoms with Crippen molar-refractivity contribution in [3.05, 3.63) is 59.7 Å². The molecule has 0 amide bonds. The minimum Gasteiger partial charge on any atom is -0.478 e. The van der Waals surface area contributed by atoms with Crippen LogP contribution in [0.4, 0.5) is 0 Å². The molecule has 0 fully saturated rings. The Morgan fingerprint density at radius 1 is 0.867 bits per heavy atom. The van der Waals surface area contributed by atoms with Crippen molar-refractivity contribution in [2.45, 2.75) is 11.8 Å². The van der Waals surface area contributed by atoms with Crippen molar-refractivity contribution in [2.24, 2.45) is 5.14 Å². The lowest BCUT2D eigenvalue weighted by atomic mass is 10.0. The number of nitrogens with one attached hydrogen (secondary N) is 1. The van der Waals surface area contributed by atoms with Gasteiger partial charge < -0.3 is 25.7 Å². The van der Waals surface area contributed by atoms with Gasteiger partial charge in [0.25, 0.3) is 0 Å². The molecular weight excluding hydrogens is 424 g/mol. The minimum absolute atomic E-state index is 0.399. The van der Waals surface area contributed by atoms with Crippen LogP contribution in [0.25, 0.3) is 0 Å². The Morgan fingerprint density at radius 3 is 1.63 bits per heavy atom. The van der Waals surface area contributed by atoms with Gasteiger partial charge in [-0.1, -0.05) is 24.3 Å². The molecule has 2 rings (SSSR count). The van der Waals surface area contributed by atoms with Crippen LogP contribution in [0.15, 0.2) is 48.6 Å². The van der Waals surface area contributed by atoms with Crippen molar-refractivity contribution in [3.8, 4) is 0 Å². The average Bonchev–Trinajstić information content (AvgIpc) is 2.64. The van der Waals surface area contributed by atoms with Crippen molar-refractivity contribution in [1.82, 2.24) is 5.32 Å². The zero-order chi connectivity index (χ0) is 23.3. The van der Waals surface area contributed by atoms with Crippen molar-refractivity contribution in [3.63, 3.8) is 0 Å². The lowest BCUT2D eigenvalue weighted by Gasteiger charge is -2.24. The Bertz CT molecular complexity index is 872. The molecular formula is C17H20N2O10S. The molecule has 1 atom stereocenters. The number of benzene rings is 1. The lowest BCUT2D eigenvalue weighted by molar-refractivity contribution is -0.134. The zero-order valence-corrected chi connectivity index (χ0v) is 16.2. The predicted molar refractivity (Wildman–Crippen MR) is 103 cm³/mol. The van der Waals surface area contributed by atoms with Gasteiger partial charge in [-0.05, 0) is 11.1 Å². The first kappa shape index (κ1) is 26.4. The number of hydrogen-bond donors (Lipinski definition) is 6. The van der Waals surface area contributed by atoms with Gasteiger partial charge in [0.2, 0.25) is 10.0 Å². The summed E-state index contributed by atoms with van der Waals surface area (Å²) in [5.41, 5.74) is 1.84. The number of nitrogens with two attached hydrogens (primary N) is 1. The van der Waals surface area contributed by atoms with E-state index in [0.29, 0.717) is 37.4 Å². The first-order valence-electron chi connectivity index (χ1n) is 7.92. The van der Waals surface area contributed by atoms with Crippen molar-refractivity contribution in [2.75, 3.05) is 6.54 Å². The summed E-state index contributed by atoms with van der Waals surface area (Å²) in [4.78, 5) is 38.2. The number of carboxylic acid groups (broad SMARTS) is 4. The molecule has 0 saturated heterocycles. The number of fused-ring (bicyclic) bond motifs is 1. The van der Waals surface area contributed by atoms with Gasteiger partial charge in [-0.2, -0.15) is 0 Å². The van der Waals surface area contributed by atoms with E-state index in [0.717, 1.165) is 11.1 Å². The summed E-state index contributed by atoms with van der Waals surface area (Å²) in [5, 5.41) is 38.8. The Morgan fingerprint density at radius 2 is 1.27 bits per heavy atom. The van der Waals surface area contributed by atoms with E-state index >= 15 is 0 Å². The third-order valence-corrected chi connectivity index (χ3v) is 4.39. The van der Waals surface area contributed by atoms with E-state index in [2.05, 4.69) is 5.32 Å². The fraction of sp³-hybridized carbons (Fsp3) is 0.176. The first-order chi connectivity index (χ1) is 13.8. The third-order valence-electron chi connectivity index (χ3n) is 3.18. The Hall–Kier alpha value is -3.55. The summed E-state index contributed by atoms with van der Waals surface area (Å²) < 4.78 is 22.6. The van der Waals surface area contributed by atoms with Crippen LogP contribution in [0.5, 0.6) is 0 Å². The summed E-state index contributed by atoms with van der Waals surface area (Å²) in [6, 6.07) is 7.47. The van der Waals surface area contributed by atoms with Gasteiger partial charge in [0, 0.05) is 37.4 Å². The smallest absolute Gasteiger partial charge is 0.328 e. The summed E-state index contributed by atoms with van der Waals surface area (Å²) in [6.45, 7) is 1.11. The fourth-order valence-electron chi connectivity index (χ4n) is 2.04. The molecule has 0 saturated carbocycles. The van der Waals surface area contributed by atoms with Crippen molar-refractivity contribution >= 4 is 33.9 Å². The number of primary sulfonamides is 1. The zero-order valence-electron chi connectivity index (χ0n) is 15.3. The van der Waals surface area contributed by atoms with Crippen LogP contribution in [0.1, 0.15) is 16.4 Å². The molecule has 1 aliphatic heterocycles. The SMILES string of the molecule is NS(=O)(=O)C1CNCc2ccccc21.O=C(O)/C=C/C(=O)O.O=C(O)/C=C/C(=O)O. The molecule has 0 aromatic heterocycles. The standard InChI is InChI=1S/C9H12N2O2S.2C4H4O4/c10-14(12,13)9-6-11-5-7-3-1-2-4-8(7)9;2*5-3(6)1-2-4(7)8/h1-4,9,11H,5-6H2,(H2,10,12,13);2*1-2H,(H,5,6)(H,7,8)/b;2*2-1+. The van der Waals surface area contributed by atoms with Crippen LogP contribution in [0.2, 0.25) is 0 Å². The highest BCUT2D eigenvalue weighted by molar-refractivity contribution is 7.89. The number of hydrogen-bond acceptors (Lipinski definition) is 7. The minimum atomic E-state index is -3.50.